The number of hydrogen-bond acceptors (Lipinski definition) is 5. The Hall–Kier alpha value is -3.79. The molecular formula is C23H25N3O4. The van der Waals surface area contributed by atoms with E-state index < -0.39 is 5.91 Å². The summed E-state index contributed by atoms with van der Waals surface area (Å²) in [4.78, 5) is 24.1. The van der Waals surface area contributed by atoms with Gasteiger partial charge in [-0.05, 0) is 67.8 Å². The van der Waals surface area contributed by atoms with Crippen LogP contribution >= 0.6 is 0 Å². The van der Waals surface area contributed by atoms with Gasteiger partial charge in [0.05, 0.1) is 7.11 Å². The number of nitrogens with zero attached hydrogens (tertiary/aromatic N) is 1. The second-order valence-electron chi connectivity index (χ2n) is 6.58. The number of carbonyl (C=O) groups is 2. The van der Waals surface area contributed by atoms with E-state index in [9.17, 15) is 14.9 Å². The number of carbonyl (C=O) groups excluding carboxylic acids is 2. The minimum Gasteiger partial charge on any atom is -0.493 e. The van der Waals surface area contributed by atoms with Gasteiger partial charge in [-0.2, -0.15) is 5.26 Å². The van der Waals surface area contributed by atoms with E-state index in [1.54, 1.807) is 24.3 Å². The smallest absolute Gasteiger partial charge is 0.266 e. The van der Waals surface area contributed by atoms with Crippen molar-refractivity contribution < 1.29 is 19.1 Å². The topological polar surface area (TPSA) is 100 Å². The average molecular weight is 407 g/mol. The number of anilines is 1. The van der Waals surface area contributed by atoms with Crippen LogP contribution in [-0.4, -0.2) is 32.1 Å². The third kappa shape index (κ3) is 6.11. The summed E-state index contributed by atoms with van der Waals surface area (Å²) in [7, 11) is 1.47. The predicted molar refractivity (Wildman–Crippen MR) is 115 cm³/mol. The van der Waals surface area contributed by atoms with Gasteiger partial charge in [-0.1, -0.05) is 12.1 Å². The van der Waals surface area contributed by atoms with E-state index in [0.29, 0.717) is 29.3 Å². The number of nitrogens with one attached hydrogen (secondary N) is 2. The van der Waals surface area contributed by atoms with E-state index in [0.717, 1.165) is 11.1 Å². The standard InChI is InChI=1S/C23H25N3O4/c1-5-25-22(27)14-30-20-9-7-17(12-21(20)29-4)11-18(13-24)23(28)26-19-8-6-15(2)16(3)10-19/h6-12H,5,14H2,1-4H3,(H,25,27)(H,26,28)/b18-11+. The van der Waals surface area contributed by atoms with Gasteiger partial charge in [0.1, 0.15) is 11.6 Å². The highest BCUT2D eigenvalue weighted by atomic mass is 16.5. The average Bonchev–Trinajstić information content (AvgIpc) is 2.73. The maximum Gasteiger partial charge on any atom is 0.266 e. The van der Waals surface area contributed by atoms with E-state index in [4.69, 9.17) is 9.47 Å². The summed E-state index contributed by atoms with van der Waals surface area (Å²) in [6.07, 6.45) is 1.46. The molecule has 2 rings (SSSR count). The summed E-state index contributed by atoms with van der Waals surface area (Å²) in [5.41, 5.74) is 3.32. The Morgan fingerprint density at radius 1 is 1.10 bits per heavy atom. The zero-order valence-corrected chi connectivity index (χ0v) is 17.5. The van der Waals surface area contributed by atoms with Crippen LogP contribution in [0.25, 0.3) is 6.08 Å². The number of hydrogen-bond donors (Lipinski definition) is 2. The minimum absolute atomic E-state index is 0.0497. The monoisotopic (exact) mass is 407 g/mol. The molecule has 7 nitrogen and oxygen atoms in total. The van der Waals surface area contributed by atoms with Crippen molar-refractivity contribution >= 4 is 23.6 Å². The van der Waals surface area contributed by atoms with Gasteiger partial charge in [0, 0.05) is 12.2 Å². The largest absolute Gasteiger partial charge is 0.493 e. The molecule has 0 fully saturated rings. The number of ether oxygens (including phenoxy) is 2. The maximum absolute atomic E-state index is 12.5. The highest BCUT2D eigenvalue weighted by molar-refractivity contribution is 6.09. The Morgan fingerprint density at radius 2 is 1.87 bits per heavy atom. The van der Waals surface area contributed by atoms with Crippen LogP contribution < -0.4 is 20.1 Å². The van der Waals surface area contributed by atoms with Crippen LogP contribution in [0.1, 0.15) is 23.6 Å². The van der Waals surface area contributed by atoms with Crippen molar-refractivity contribution in [3.05, 3.63) is 58.7 Å². The lowest BCUT2D eigenvalue weighted by molar-refractivity contribution is -0.123. The van der Waals surface area contributed by atoms with E-state index >= 15 is 0 Å². The fourth-order valence-corrected chi connectivity index (χ4v) is 2.62. The van der Waals surface area contributed by atoms with Gasteiger partial charge in [0.2, 0.25) is 0 Å². The SMILES string of the molecule is CCNC(=O)COc1ccc(/C=C(\C#N)C(=O)Nc2ccc(C)c(C)c2)cc1OC. The molecule has 0 saturated heterocycles. The minimum atomic E-state index is -0.503. The number of amides is 2. The molecular weight excluding hydrogens is 382 g/mol. The van der Waals surface area contributed by atoms with E-state index in [-0.39, 0.29) is 18.1 Å². The Bertz CT molecular complexity index is 1010. The quantitative estimate of drug-likeness (QED) is 0.516. The van der Waals surface area contributed by atoms with Crippen LogP contribution in [-0.2, 0) is 9.59 Å². The predicted octanol–water partition coefficient (Wildman–Crippen LogP) is 3.37. The summed E-state index contributed by atoms with van der Waals surface area (Å²) in [5.74, 6) is 0.0356. The molecule has 2 amide bonds. The lowest BCUT2D eigenvalue weighted by Gasteiger charge is -2.11. The highest BCUT2D eigenvalue weighted by Crippen LogP contribution is 2.29. The Balaban J connectivity index is 2.17. The molecule has 156 valence electrons. The molecule has 0 aromatic heterocycles. The summed E-state index contributed by atoms with van der Waals surface area (Å²) in [6, 6.07) is 12.4. The third-order valence-electron chi connectivity index (χ3n) is 4.36. The molecule has 2 aromatic rings. The van der Waals surface area contributed by atoms with Gasteiger partial charge in [-0.3, -0.25) is 9.59 Å². The molecule has 0 aliphatic rings. The Labute approximate surface area is 176 Å². The molecule has 2 aromatic carbocycles. The van der Waals surface area contributed by atoms with Crippen molar-refractivity contribution in [2.75, 3.05) is 25.6 Å². The fraction of sp³-hybridized carbons (Fsp3) is 0.261. The molecule has 7 heteroatoms. The first-order valence-corrected chi connectivity index (χ1v) is 9.45. The number of rotatable bonds is 8. The van der Waals surface area contributed by atoms with Crippen molar-refractivity contribution in [1.82, 2.24) is 5.32 Å². The summed E-state index contributed by atoms with van der Waals surface area (Å²) < 4.78 is 10.8. The van der Waals surface area contributed by atoms with Gasteiger partial charge in [0.15, 0.2) is 18.1 Å². The van der Waals surface area contributed by atoms with Crippen molar-refractivity contribution in [2.24, 2.45) is 0 Å². The molecule has 2 N–H and O–H groups in total. The van der Waals surface area contributed by atoms with E-state index in [1.807, 2.05) is 39.0 Å². The van der Waals surface area contributed by atoms with Crippen LogP contribution in [0.2, 0.25) is 0 Å². The molecule has 0 bridgehead atoms. The molecule has 30 heavy (non-hydrogen) atoms. The van der Waals surface area contributed by atoms with Crippen LogP contribution in [0.15, 0.2) is 42.0 Å². The first kappa shape index (κ1) is 22.5. The normalized spacial score (nSPS) is 10.7. The second kappa shape index (κ2) is 10.7. The van der Waals surface area contributed by atoms with E-state index in [1.165, 1.54) is 13.2 Å². The van der Waals surface area contributed by atoms with Gasteiger partial charge in [-0.15, -0.1) is 0 Å². The number of benzene rings is 2. The molecule has 0 heterocycles. The molecule has 0 aliphatic carbocycles. The molecule has 0 radical (unpaired) electrons. The van der Waals surface area contributed by atoms with E-state index in [2.05, 4.69) is 10.6 Å². The highest BCUT2D eigenvalue weighted by Gasteiger charge is 2.12. The van der Waals surface area contributed by atoms with Gasteiger partial charge < -0.3 is 20.1 Å². The summed E-state index contributed by atoms with van der Waals surface area (Å²) in [6.45, 7) is 6.14. The van der Waals surface area contributed by atoms with Crippen LogP contribution in [0.5, 0.6) is 11.5 Å². The lowest BCUT2D eigenvalue weighted by Crippen LogP contribution is -2.28. The fourth-order valence-electron chi connectivity index (χ4n) is 2.62. The summed E-state index contributed by atoms with van der Waals surface area (Å²) >= 11 is 0. The Morgan fingerprint density at radius 3 is 2.50 bits per heavy atom. The number of likely N-dealkylation sites (N-methyl/N-ethyl adjacent to an activating group) is 1. The second-order valence-corrected chi connectivity index (χ2v) is 6.58. The van der Waals surface area contributed by atoms with Gasteiger partial charge in [-0.25, -0.2) is 0 Å². The van der Waals surface area contributed by atoms with Crippen LogP contribution in [0.3, 0.4) is 0 Å². The summed E-state index contributed by atoms with van der Waals surface area (Å²) in [5, 5.41) is 14.8. The van der Waals surface area contributed by atoms with Crippen LogP contribution in [0, 0.1) is 25.2 Å². The van der Waals surface area contributed by atoms with Gasteiger partial charge >= 0.3 is 0 Å². The Kier molecular flexibility index (Phi) is 8.00. The van der Waals surface area contributed by atoms with Crippen molar-refractivity contribution in [1.29, 1.82) is 5.26 Å². The zero-order chi connectivity index (χ0) is 22.1. The molecule has 0 spiro atoms. The number of nitriles is 1. The van der Waals surface area contributed by atoms with Crippen molar-refractivity contribution in [3.8, 4) is 17.6 Å². The number of methoxy groups -OCH3 is 1. The molecule has 0 saturated carbocycles. The first-order chi connectivity index (χ1) is 14.4. The lowest BCUT2D eigenvalue weighted by atomic mass is 10.1. The van der Waals surface area contributed by atoms with Crippen molar-refractivity contribution in [2.45, 2.75) is 20.8 Å². The zero-order valence-electron chi connectivity index (χ0n) is 17.5. The molecule has 0 unspecified atom stereocenters. The number of aryl methyl sites for hydroxylation is 2. The van der Waals surface area contributed by atoms with Gasteiger partial charge in [0.25, 0.3) is 11.8 Å². The van der Waals surface area contributed by atoms with Crippen LogP contribution in [0.4, 0.5) is 5.69 Å². The van der Waals surface area contributed by atoms with Crippen molar-refractivity contribution in [3.63, 3.8) is 0 Å². The maximum atomic E-state index is 12.5. The first-order valence-electron chi connectivity index (χ1n) is 9.45. The molecule has 0 atom stereocenters. The third-order valence-corrected chi connectivity index (χ3v) is 4.36. The molecule has 0 aliphatic heterocycles.